The number of halogens is 1. The van der Waals surface area contributed by atoms with Gasteiger partial charge < -0.3 is 14.1 Å². The van der Waals surface area contributed by atoms with Gasteiger partial charge in [-0.05, 0) is 25.0 Å². The van der Waals surface area contributed by atoms with E-state index in [2.05, 4.69) is 15.0 Å². The van der Waals surface area contributed by atoms with Gasteiger partial charge in [-0.2, -0.15) is 0 Å². The number of benzene rings is 1. The third-order valence-corrected chi connectivity index (χ3v) is 4.69. The molecule has 144 valence electrons. The minimum absolute atomic E-state index is 0.121. The number of nitrogens with zero attached hydrogens (tertiary/aromatic N) is 4. The van der Waals surface area contributed by atoms with E-state index in [4.69, 9.17) is 9.15 Å². The van der Waals surface area contributed by atoms with Gasteiger partial charge >= 0.3 is 0 Å². The predicted octanol–water partition coefficient (Wildman–Crippen LogP) is 3.72. The number of piperidine rings is 1. The molecule has 28 heavy (non-hydrogen) atoms. The Morgan fingerprint density at radius 3 is 2.79 bits per heavy atom. The Labute approximate surface area is 161 Å². The minimum Gasteiger partial charge on any atom is -0.448 e. The Bertz CT molecular complexity index is 983. The first-order chi connectivity index (χ1) is 13.6. The third kappa shape index (κ3) is 4.00. The van der Waals surface area contributed by atoms with Gasteiger partial charge in [0.25, 0.3) is 5.91 Å². The van der Waals surface area contributed by atoms with Crippen LogP contribution in [0.5, 0.6) is 11.6 Å². The SMILES string of the molecule is Cc1nc(C(=O)N2CCC(c3cncc(Oc4cccc(F)c4)n3)CC2)co1. The van der Waals surface area contributed by atoms with Crippen molar-refractivity contribution in [2.45, 2.75) is 25.7 Å². The number of carbonyl (C=O) groups excluding carboxylic acids is 1. The Morgan fingerprint density at radius 2 is 2.07 bits per heavy atom. The van der Waals surface area contributed by atoms with Crippen molar-refractivity contribution >= 4 is 5.91 Å². The lowest BCUT2D eigenvalue weighted by Crippen LogP contribution is -2.38. The van der Waals surface area contributed by atoms with Crippen LogP contribution < -0.4 is 4.74 Å². The molecule has 3 aromatic rings. The second-order valence-corrected chi connectivity index (χ2v) is 6.66. The van der Waals surface area contributed by atoms with E-state index in [1.54, 1.807) is 30.2 Å². The van der Waals surface area contributed by atoms with Crippen LogP contribution in [0.2, 0.25) is 0 Å². The molecule has 2 aromatic heterocycles. The average molecular weight is 382 g/mol. The van der Waals surface area contributed by atoms with Crippen molar-refractivity contribution in [1.29, 1.82) is 0 Å². The summed E-state index contributed by atoms with van der Waals surface area (Å²) in [6.45, 7) is 2.92. The summed E-state index contributed by atoms with van der Waals surface area (Å²) in [7, 11) is 0. The van der Waals surface area contributed by atoms with Gasteiger partial charge in [-0.3, -0.25) is 9.78 Å². The van der Waals surface area contributed by atoms with Gasteiger partial charge in [0.2, 0.25) is 5.88 Å². The highest BCUT2D eigenvalue weighted by atomic mass is 19.1. The molecule has 3 heterocycles. The van der Waals surface area contributed by atoms with Crippen LogP contribution in [0.1, 0.15) is 40.8 Å². The van der Waals surface area contributed by atoms with Crippen LogP contribution in [-0.4, -0.2) is 38.8 Å². The second kappa shape index (κ2) is 7.75. The van der Waals surface area contributed by atoms with Crippen LogP contribution in [-0.2, 0) is 0 Å². The first-order valence-corrected chi connectivity index (χ1v) is 9.05. The van der Waals surface area contributed by atoms with Gasteiger partial charge in [0.15, 0.2) is 11.6 Å². The van der Waals surface area contributed by atoms with Crippen LogP contribution in [0.3, 0.4) is 0 Å². The quantitative estimate of drug-likeness (QED) is 0.684. The van der Waals surface area contributed by atoms with Crippen molar-refractivity contribution in [3.05, 3.63) is 66.0 Å². The van der Waals surface area contributed by atoms with Crippen molar-refractivity contribution in [3.63, 3.8) is 0 Å². The molecule has 1 fully saturated rings. The lowest BCUT2D eigenvalue weighted by atomic mass is 9.93. The molecule has 1 aliphatic heterocycles. The molecule has 7 nitrogen and oxygen atoms in total. The molecule has 8 heteroatoms. The van der Waals surface area contributed by atoms with Crippen LogP contribution in [0, 0.1) is 12.7 Å². The monoisotopic (exact) mass is 382 g/mol. The Hall–Kier alpha value is -3.29. The molecule has 0 N–H and O–H groups in total. The van der Waals surface area contributed by atoms with Crippen molar-refractivity contribution < 1.29 is 18.3 Å². The fraction of sp³-hybridized carbons (Fsp3) is 0.300. The Kier molecular flexibility index (Phi) is 5.01. The highest BCUT2D eigenvalue weighted by molar-refractivity contribution is 5.92. The van der Waals surface area contributed by atoms with E-state index < -0.39 is 0 Å². The topological polar surface area (TPSA) is 81.4 Å². The maximum Gasteiger partial charge on any atom is 0.275 e. The number of amides is 1. The van der Waals surface area contributed by atoms with E-state index in [1.807, 2.05) is 0 Å². The predicted molar refractivity (Wildman–Crippen MR) is 97.6 cm³/mol. The molecule has 1 aromatic carbocycles. The van der Waals surface area contributed by atoms with Crippen LogP contribution >= 0.6 is 0 Å². The molecule has 0 bridgehead atoms. The largest absolute Gasteiger partial charge is 0.448 e. The molecule has 1 amide bonds. The zero-order chi connectivity index (χ0) is 19.5. The molecule has 1 saturated heterocycles. The van der Waals surface area contributed by atoms with E-state index in [0.717, 1.165) is 18.5 Å². The summed E-state index contributed by atoms with van der Waals surface area (Å²) in [6, 6.07) is 5.88. The van der Waals surface area contributed by atoms with Crippen molar-refractivity contribution in [1.82, 2.24) is 19.9 Å². The third-order valence-electron chi connectivity index (χ3n) is 4.69. The van der Waals surface area contributed by atoms with Crippen LogP contribution in [0.4, 0.5) is 4.39 Å². The number of carbonyl (C=O) groups is 1. The number of aromatic nitrogens is 3. The summed E-state index contributed by atoms with van der Waals surface area (Å²) < 4.78 is 24.0. The van der Waals surface area contributed by atoms with Gasteiger partial charge in [0.05, 0.1) is 11.9 Å². The number of aryl methyl sites for hydroxylation is 1. The molecular weight excluding hydrogens is 363 g/mol. The standard InChI is InChI=1S/C20H19FN4O3/c1-13-23-18(12-27-13)20(26)25-7-5-14(6-8-25)17-10-22-11-19(24-17)28-16-4-2-3-15(21)9-16/h2-4,9-12,14H,5-8H2,1H3. The molecule has 0 radical (unpaired) electrons. The van der Waals surface area contributed by atoms with E-state index in [9.17, 15) is 9.18 Å². The highest BCUT2D eigenvalue weighted by Crippen LogP contribution is 2.29. The van der Waals surface area contributed by atoms with Crippen LogP contribution in [0.25, 0.3) is 0 Å². The number of hydrogen-bond acceptors (Lipinski definition) is 6. The summed E-state index contributed by atoms with van der Waals surface area (Å²) in [5.41, 5.74) is 1.14. The van der Waals surface area contributed by atoms with Crippen molar-refractivity contribution in [2.24, 2.45) is 0 Å². The molecule has 4 rings (SSSR count). The number of rotatable bonds is 4. The van der Waals surface area contributed by atoms with Crippen molar-refractivity contribution in [3.8, 4) is 11.6 Å². The van der Waals surface area contributed by atoms with Crippen molar-refractivity contribution in [2.75, 3.05) is 13.1 Å². The van der Waals surface area contributed by atoms with Gasteiger partial charge in [-0.15, -0.1) is 0 Å². The van der Waals surface area contributed by atoms with E-state index in [-0.39, 0.29) is 17.6 Å². The van der Waals surface area contributed by atoms with E-state index in [1.165, 1.54) is 24.6 Å². The highest BCUT2D eigenvalue weighted by Gasteiger charge is 2.27. The molecule has 0 atom stereocenters. The molecule has 0 saturated carbocycles. The summed E-state index contributed by atoms with van der Waals surface area (Å²) in [6.07, 6.45) is 6.13. The molecular formula is C20H19FN4O3. The van der Waals surface area contributed by atoms with E-state index >= 15 is 0 Å². The molecule has 0 aliphatic carbocycles. The van der Waals surface area contributed by atoms with E-state index in [0.29, 0.717) is 36.3 Å². The Balaban J connectivity index is 1.40. The molecule has 1 aliphatic rings. The number of likely N-dealkylation sites (tertiary alicyclic amines) is 1. The smallest absolute Gasteiger partial charge is 0.275 e. The average Bonchev–Trinajstić information content (AvgIpc) is 3.14. The number of ether oxygens (including phenoxy) is 1. The summed E-state index contributed by atoms with van der Waals surface area (Å²) in [4.78, 5) is 27.0. The zero-order valence-electron chi connectivity index (χ0n) is 15.3. The number of hydrogen-bond donors (Lipinski definition) is 0. The normalized spacial score (nSPS) is 14.9. The fourth-order valence-corrected chi connectivity index (χ4v) is 3.26. The lowest BCUT2D eigenvalue weighted by molar-refractivity contribution is 0.0706. The number of oxazole rings is 1. The van der Waals surface area contributed by atoms with Gasteiger partial charge in [-0.25, -0.2) is 14.4 Å². The fourth-order valence-electron chi connectivity index (χ4n) is 3.26. The van der Waals surface area contributed by atoms with Gasteiger partial charge in [-0.1, -0.05) is 6.07 Å². The second-order valence-electron chi connectivity index (χ2n) is 6.66. The lowest BCUT2D eigenvalue weighted by Gasteiger charge is -2.31. The molecule has 0 unspecified atom stereocenters. The molecule has 0 spiro atoms. The summed E-state index contributed by atoms with van der Waals surface area (Å²) >= 11 is 0. The van der Waals surface area contributed by atoms with Gasteiger partial charge in [0.1, 0.15) is 17.8 Å². The summed E-state index contributed by atoms with van der Waals surface area (Å²) in [5, 5.41) is 0. The summed E-state index contributed by atoms with van der Waals surface area (Å²) in [5.74, 6) is 0.843. The minimum atomic E-state index is -0.374. The first-order valence-electron chi connectivity index (χ1n) is 9.05. The maximum atomic E-state index is 13.3. The first kappa shape index (κ1) is 18.1. The van der Waals surface area contributed by atoms with Gasteiger partial charge in [0, 0.05) is 38.2 Å². The zero-order valence-corrected chi connectivity index (χ0v) is 15.3. The Morgan fingerprint density at radius 1 is 1.25 bits per heavy atom. The maximum absolute atomic E-state index is 13.3. The van der Waals surface area contributed by atoms with Crippen LogP contribution in [0.15, 0.2) is 47.3 Å².